The van der Waals surface area contributed by atoms with Gasteiger partial charge in [0, 0.05) is 13.1 Å². The lowest BCUT2D eigenvalue weighted by atomic mass is 10.0. The molecule has 0 aromatic carbocycles. The number of amides is 1. The van der Waals surface area contributed by atoms with Crippen molar-refractivity contribution in [2.75, 3.05) is 7.05 Å². The monoisotopic (exact) mass is 279 g/mol. The number of carbonyl (C=O) groups is 1. The van der Waals surface area contributed by atoms with Gasteiger partial charge < -0.3 is 20.1 Å². The molecule has 1 heterocycles. The Labute approximate surface area is 118 Å². The van der Waals surface area contributed by atoms with Gasteiger partial charge in [-0.3, -0.25) is 4.79 Å². The number of aromatic amines is 1. The van der Waals surface area contributed by atoms with Crippen LogP contribution in [0.3, 0.4) is 0 Å². The van der Waals surface area contributed by atoms with Crippen LogP contribution in [0.1, 0.15) is 31.4 Å². The highest BCUT2D eigenvalue weighted by Gasteiger charge is 2.32. The van der Waals surface area contributed by atoms with E-state index in [1.807, 2.05) is 0 Å². The summed E-state index contributed by atoms with van der Waals surface area (Å²) in [5.41, 5.74) is 0.744. The maximum absolute atomic E-state index is 12.1. The number of likely N-dealkylation sites (N-methyl/N-ethyl adjacent to an activating group) is 1. The molecule has 1 saturated carbocycles. The number of aliphatic hydroxyl groups is 2. The summed E-state index contributed by atoms with van der Waals surface area (Å²) in [5, 5.41) is 19.9. The molecule has 0 radical (unpaired) electrons. The maximum Gasteiger partial charge on any atom is 0.246 e. The standard InChI is InChI=1S/C14H21N3O3/c1-17(11-4-2-3-5-12(18)14(11)20)13(19)7-6-10-8-15-9-16-10/h6-9,11-12,14,18,20H,2-5H2,1H3,(H,15,16)/b7-6+/t11-,12-,14-/m1/s1. The molecule has 2 rings (SSSR count). The Morgan fingerprint density at radius 1 is 1.45 bits per heavy atom. The van der Waals surface area contributed by atoms with Crippen LogP contribution in [0.5, 0.6) is 0 Å². The van der Waals surface area contributed by atoms with Crippen LogP contribution < -0.4 is 0 Å². The van der Waals surface area contributed by atoms with Crippen molar-refractivity contribution in [2.45, 2.75) is 43.9 Å². The second-order valence-corrected chi connectivity index (χ2v) is 5.20. The molecule has 0 saturated heterocycles. The SMILES string of the molecule is CN(C(=O)/C=C/c1cnc[nH]1)[C@@H]1CCCC[C@@H](O)[C@@H]1O. The summed E-state index contributed by atoms with van der Waals surface area (Å²) in [7, 11) is 1.66. The van der Waals surface area contributed by atoms with Gasteiger partial charge in [-0.05, 0) is 18.9 Å². The fraction of sp³-hybridized carbons (Fsp3) is 0.571. The van der Waals surface area contributed by atoms with E-state index in [1.165, 1.54) is 11.0 Å². The maximum atomic E-state index is 12.1. The van der Waals surface area contributed by atoms with E-state index >= 15 is 0 Å². The predicted molar refractivity (Wildman–Crippen MR) is 74.7 cm³/mol. The molecule has 1 fully saturated rings. The average molecular weight is 279 g/mol. The first-order valence-corrected chi connectivity index (χ1v) is 6.89. The second kappa shape index (κ2) is 6.67. The third-order valence-corrected chi connectivity index (χ3v) is 3.81. The number of aromatic nitrogens is 2. The van der Waals surface area contributed by atoms with Crippen LogP contribution in [0.15, 0.2) is 18.6 Å². The van der Waals surface area contributed by atoms with Gasteiger partial charge in [0.1, 0.15) is 6.10 Å². The highest BCUT2D eigenvalue weighted by atomic mass is 16.3. The van der Waals surface area contributed by atoms with Crippen LogP contribution in [-0.4, -0.2) is 56.3 Å². The lowest BCUT2D eigenvalue weighted by Crippen LogP contribution is -2.48. The summed E-state index contributed by atoms with van der Waals surface area (Å²) in [6.45, 7) is 0. The van der Waals surface area contributed by atoms with Crippen LogP contribution >= 0.6 is 0 Å². The molecule has 20 heavy (non-hydrogen) atoms. The summed E-state index contributed by atoms with van der Waals surface area (Å²) >= 11 is 0. The zero-order valence-electron chi connectivity index (χ0n) is 11.6. The minimum atomic E-state index is -0.882. The molecule has 1 aliphatic carbocycles. The Morgan fingerprint density at radius 2 is 2.20 bits per heavy atom. The van der Waals surface area contributed by atoms with Crippen molar-refractivity contribution in [3.8, 4) is 0 Å². The van der Waals surface area contributed by atoms with E-state index < -0.39 is 12.2 Å². The molecule has 0 spiro atoms. The largest absolute Gasteiger partial charge is 0.390 e. The normalized spacial score (nSPS) is 27.4. The van der Waals surface area contributed by atoms with Crippen molar-refractivity contribution in [1.82, 2.24) is 14.9 Å². The van der Waals surface area contributed by atoms with Crippen LogP contribution in [-0.2, 0) is 4.79 Å². The molecule has 3 atom stereocenters. The van der Waals surface area contributed by atoms with E-state index in [9.17, 15) is 15.0 Å². The fourth-order valence-corrected chi connectivity index (χ4v) is 2.53. The highest BCUT2D eigenvalue weighted by Crippen LogP contribution is 2.22. The molecule has 3 N–H and O–H groups in total. The van der Waals surface area contributed by atoms with Gasteiger partial charge in [0.05, 0.1) is 30.4 Å². The molecule has 0 aliphatic heterocycles. The van der Waals surface area contributed by atoms with Gasteiger partial charge >= 0.3 is 0 Å². The Bertz CT molecular complexity index is 458. The molecular weight excluding hydrogens is 258 g/mol. The fourth-order valence-electron chi connectivity index (χ4n) is 2.53. The Kier molecular flexibility index (Phi) is 4.92. The number of nitrogens with one attached hydrogen (secondary N) is 1. The van der Waals surface area contributed by atoms with E-state index in [0.717, 1.165) is 18.5 Å². The molecular formula is C14H21N3O3. The summed E-state index contributed by atoms with van der Waals surface area (Å²) in [5.74, 6) is -0.197. The van der Waals surface area contributed by atoms with Crippen molar-refractivity contribution in [2.24, 2.45) is 0 Å². The average Bonchev–Trinajstić information content (AvgIpc) is 2.90. The molecule has 6 nitrogen and oxygen atoms in total. The van der Waals surface area contributed by atoms with Crippen molar-refractivity contribution < 1.29 is 15.0 Å². The van der Waals surface area contributed by atoms with Crippen molar-refractivity contribution in [3.05, 3.63) is 24.3 Å². The number of H-pyrrole nitrogens is 1. The van der Waals surface area contributed by atoms with Crippen LogP contribution in [0.25, 0.3) is 6.08 Å². The van der Waals surface area contributed by atoms with Crippen molar-refractivity contribution in [3.63, 3.8) is 0 Å². The Morgan fingerprint density at radius 3 is 2.90 bits per heavy atom. The summed E-state index contributed by atoms with van der Waals surface area (Å²) in [6.07, 6.45) is 7.68. The minimum Gasteiger partial charge on any atom is -0.390 e. The topological polar surface area (TPSA) is 89.5 Å². The van der Waals surface area contributed by atoms with Gasteiger partial charge in [0.2, 0.25) is 5.91 Å². The number of carbonyl (C=O) groups excluding carboxylic acids is 1. The van der Waals surface area contributed by atoms with Crippen LogP contribution in [0, 0.1) is 0 Å². The summed E-state index contributed by atoms with van der Waals surface area (Å²) in [4.78, 5) is 20.4. The molecule has 0 bridgehead atoms. The molecule has 1 aromatic heterocycles. The van der Waals surface area contributed by atoms with Gasteiger partial charge in [0.25, 0.3) is 0 Å². The molecule has 1 amide bonds. The first-order chi connectivity index (χ1) is 9.59. The van der Waals surface area contributed by atoms with Gasteiger partial charge in [-0.15, -0.1) is 0 Å². The third-order valence-electron chi connectivity index (χ3n) is 3.81. The number of imidazole rings is 1. The van der Waals surface area contributed by atoms with Gasteiger partial charge in [-0.1, -0.05) is 12.8 Å². The van der Waals surface area contributed by atoms with Gasteiger partial charge in [-0.2, -0.15) is 0 Å². The molecule has 0 unspecified atom stereocenters. The number of nitrogens with zero attached hydrogens (tertiary/aromatic N) is 2. The van der Waals surface area contributed by atoms with Crippen molar-refractivity contribution >= 4 is 12.0 Å². The highest BCUT2D eigenvalue weighted by molar-refractivity contribution is 5.91. The smallest absolute Gasteiger partial charge is 0.246 e. The molecule has 1 aromatic rings. The number of aliphatic hydroxyl groups excluding tert-OH is 2. The predicted octanol–water partition coefficient (Wildman–Crippen LogP) is 0.546. The molecule has 6 heteroatoms. The van der Waals surface area contributed by atoms with E-state index in [1.54, 1.807) is 25.6 Å². The van der Waals surface area contributed by atoms with Crippen LogP contribution in [0.2, 0.25) is 0 Å². The van der Waals surface area contributed by atoms with E-state index in [2.05, 4.69) is 9.97 Å². The van der Waals surface area contributed by atoms with Crippen LogP contribution in [0.4, 0.5) is 0 Å². The lowest BCUT2D eigenvalue weighted by Gasteiger charge is -2.31. The van der Waals surface area contributed by atoms with E-state index in [0.29, 0.717) is 12.8 Å². The minimum absolute atomic E-state index is 0.197. The second-order valence-electron chi connectivity index (χ2n) is 5.20. The number of hydrogen-bond donors (Lipinski definition) is 3. The third kappa shape index (κ3) is 3.46. The number of rotatable bonds is 3. The zero-order chi connectivity index (χ0) is 14.5. The van der Waals surface area contributed by atoms with Crippen molar-refractivity contribution in [1.29, 1.82) is 0 Å². The first-order valence-electron chi connectivity index (χ1n) is 6.89. The van der Waals surface area contributed by atoms with Gasteiger partial charge in [-0.25, -0.2) is 4.98 Å². The molecule has 1 aliphatic rings. The van der Waals surface area contributed by atoms with Gasteiger partial charge in [0.15, 0.2) is 0 Å². The van der Waals surface area contributed by atoms with E-state index in [4.69, 9.17) is 0 Å². The Balaban J connectivity index is 2.01. The quantitative estimate of drug-likeness (QED) is 0.556. The zero-order valence-corrected chi connectivity index (χ0v) is 11.6. The first kappa shape index (κ1) is 14.7. The lowest BCUT2D eigenvalue weighted by molar-refractivity contribution is -0.131. The molecule has 110 valence electrons. The summed E-state index contributed by atoms with van der Waals surface area (Å²) < 4.78 is 0. The summed E-state index contributed by atoms with van der Waals surface area (Å²) in [6, 6.07) is -0.341. The Hall–Kier alpha value is -1.66. The number of hydrogen-bond acceptors (Lipinski definition) is 4. The van der Waals surface area contributed by atoms with E-state index in [-0.39, 0.29) is 11.9 Å².